The number of benzene rings is 2. The van der Waals surface area contributed by atoms with Gasteiger partial charge in [-0.1, -0.05) is 15.9 Å². The van der Waals surface area contributed by atoms with E-state index in [1.54, 1.807) is 6.07 Å². The first-order chi connectivity index (χ1) is 9.51. The molecule has 20 heavy (non-hydrogen) atoms. The van der Waals surface area contributed by atoms with Gasteiger partial charge in [0.25, 0.3) is 0 Å². The van der Waals surface area contributed by atoms with Crippen molar-refractivity contribution in [1.82, 2.24) is 0 Å². The van der Waals surface area contributed by atoms with Crippen LogP contribution in [0.1, 0.15) is 15.9 Å². The maximum atomic E-state index is 13.2. The van der Waals surface area contributed by atoms with Crippen molar-refractivity contribution in [1.29, 1.82) is 5.26 Å². The van der Waals surface area contributed by atoms with Crippen LogP contribution in [0.5, 0.6) is 11.5 Å². The Hall–Kier alpha value is -2.39. The molecule has 100 valence electrons. The SMILES string of the molecule is N#Cc1cc(Br)ccc1Oc1cc(F)ccc1C(=O)O. The first kappa shape index (κ1) is 14.0. The summed E-state index contributed by atoms with van der Waals surface area (Å²) in [7, 11) is 0. The fraction of sp³-hybridized carbons (Fsp3) is 0. The molecule has 2 aromatic carbocycles. The summed E-state index contributed by atoms with van der Waals surface area (Å²) in [4.78, 5) is 11.1. The molecule has 0 heterocycles. The van der Waals surface area contributed by atoms with Gasteiger partial charge in [0, 0.05) is 10.5 Å². The molecule has 4 nitrogen and oxygen atoms in total. The highest BCUT2D eigenvalue weighted by Crippen LogP contribution is 2.30. The van der Waals surface area contributed by atoms with E-state index in [9.17, 15) is 9.18 Å². The van der Waals surface area contributed by atoms with Gasteiger partial charge in [0.15, 0.2) is 0 Å². The van der Waals surface area contributed by atoms with E-state index in [4.69, 9.17) is 15.1 Å². The van der Waals surface area contributed by atoms with Gasteiger partial charge in [-0.15, -0.1) is 0 Å². The molecule has 1 N–H and O–H groups in total. The van der Waals surface area contributed by atoms with Crippen molar-refractivity contribution in [2.75, 3.05) is 0 Å². The van der Waals surface area contributed by atoms with Gasteiger partial charge in [-0.3, -0.25) is 0 Å². The van der Waals surface area contributed by atoms with Crippen molar-refractivity contribution in [3.8, 4) is 17.6 Å². The lowest BCUT2D eigenvalue weighted by atomic mass is 10.2. The third-order valence-corrected chi connectivity index (χ3v) is 2.95. The third kappa shape index (κ3) is 2.95. The summed E-state index contributed by atoms with van der Waals surface area (Å²) in [5.41, 5.74) is 0.0261. The maximum absolute atomic E-state index is 13.2. The first-order valence-electron chi connectivity index (χ1n) is 5.41. The number of nitrogens with zero attached hydrogens (tertiary/aromatic N) is 1. The van der Waals surface area contributed by atoms with Crippen molar-refractivity contribution in [3.63, 3.8) is 0 Å². The van der Waals surface area contributed by atoms with E-state index >= 15 is 0 Å². The zero-order valence-electron chi connectivity index (χ0n) is 9.93. The summed E-state index contributed by atoms with van der Waals surface area (Å²) in [5.74, 6) is -1.86. The van der Waals surface area contributed by atoms with Crippen molar-refractivity contribution < 1.29 is 19.0 Å². The molecule has 0 aliphatic heterocycles. The lowest BCUT2D eigenvalue weighted by Crippen LogP contribution is -2.01. The van der Waals surface area contributed by atoms with E-state index in [2.05, 4.69) is 15.9 Å². The molecule has 0 amide bonds. The number of carboxylic acid groups (broad SMARTS) is 1. The summed E-state index contributed by atoms with van der Waals surface area (Å²) in [6.07, 6.45) is 0. The quantitative estimate of drug-likeness (QED) is 0.921. The molecule has 2 rings (SSSR count). The lowest BCUT2D eigenvalue weighted by Gasteiger charge is -2.10. The zero-order valence-corrected chi connectivity index (χ0v) is 11.5. The number of hydrogen-bond donors (Lipinski definition) is 1. The molecule has 0 fully saturated rings. The van der Waals surface area contributed by atoms with Gasteiger partial charge < -0.3 is 9.84 Å². The second-order valence-corrected chi connectivity index (χ2v) is 4.72. The van der Waals surface area contributed by atoms with Gasteiger partial charge in [0.2, 0.25) is 0 Å². The average molecular weight is 336 g/mol. The Bertz CT molecular complexity index is 725. The number of halogens is 2. The maximum Gasteiger partial charge on any atom is 0.339 e. The predicted octanol–water partition coefficient (Wildman–Crippen LogP) is 3.95. The van der Waals surface area contributed by atoms with Gasteiger partial charge in [-0.05, 0) is 30.3 Å². The highest BCUT2D eigenvalue weighted by atomic mass is 79.9. The van der Waals surface area contributed by atoms with Crippen LogP contribution in [0, 0.1) is 17.1 Å². The van der Waals surface area contributed by atoms with Gasteiger partial charge in [-0.2, -0.15) is 5.26 Å². The molecule has 2 aromatic rings. The normalized spacial score (nSPS) is 9.85. The zero-order chi connectivity index (χ0) is 14.7. The highest BCUT2D eigenvalue weighted by Gasteiger charge is 2.15. The molecule has 0 aliphatic rings. The second-order valence-electron chi connectivity index (χ2n) is 3.80. The van der Waals surface area contributed by atoms with E-state index in [0.717, 1.165) is 18.2 Å². The molecule has 0 aromatic heterocycles. The van der Waals surface area contributed by atoms with Crippen molar-refractivity contribution in [3.05, 3.63) is 57.8 Å². The minimum Gasteiger partial charge on any atom is -0.478 e. The molecule has 0 radical (unpaired) electrons. The Labute approximate surface area is 122 Å². The van der Waals surface area contributed by atoms with Gasteiger partial charge in [0.1, 0.15) is 28.9 Å². The number of nitriles is 1. The monoisotopic (exact) mass is 335 g/mol. The molecular formula is C14H7BrFNO3. The van der Waals surface area contributed by atoms with Gasteiger partial charge >= 0.3 is 5.97 Å². The van der Waals surface area contributed by atoms with Crippen LogP contribution in [0.3, 0.4) is 0 Å². The fourth-order valence-corrected chi connectivity index (χ4v) is 1.92. The minimum atomic E-state index is -1.24. The highest BCUT2D eigenvalue weighted by molar-refractivity contribution is 9.10. The molecule has 0 aliphatic carbocycles. The van der Waals surface area contributed by atoms with Crippen LogP contribution in [-0.4, -0.2) is 11.1 Å². The Kier molecular flexibility index (Phi) is 4.01. The number of ether oxygens (including phenoxy) is 1. The van der Waals surface area contributed by atoms with Crippen LogP contribution in [0.15, 0.2) is 40.9 Å². The summed E-state index contributed by atoms with van der Waals surface area (Å²) in [6.45, 7) is 0. The topological polar surface area (TPSA) is 70.3 Å². The summed E-state index contributed by atoms with van der Waals surface area (Å²) >= 11 is 3.21. The third-order valence-electron chi connectivity index (χ3n) is 2.46. The van der Waals surface area contributed by atoms with Crippen LogP contribution in [-0.2, 0) is 0 Å². The van der Waals surface area contributed by atoms with Crippen molar-refractivity contribution in [2.24, 2.45) is 0 Å². The van der Waals surface area contributed by atoms with Crippen LogP contribution in [0.4, 0.5) is 4.39 Å². The Balaban J connectivity index is 2.47. The molecule has 0 saturated carbocycles. The van der Waals surface area contributed by atoms with Crippen LogP contribution in [0.2, 0.25) is 0 Å². The number of rotatable bonds is 3. The number of hydrogen-bond acceptors (Lipinski definition) is 3. The Morgan fingerprint density at radius 2 is 2.00 bits per heavy atom. The van der Waals surface area contributed by atoms with Crippen LogP contribution >= 0.6 is 15.9 Å². The Morgan fingerprint density at radius 3 is 2.65 bits per heavy atom. The van der Waals surface area contributed by atoms with Crippen molar-refractivity contribution in [2.45, 2.75) is 0 Å². The molecule has 0 bridgehead atoms. The molecular weight excluding hydrogens is 329 g/mol. The molecule has 6 heteroatoms. The van der Waals surface area contributed by atoms with Crippen LogP contribution < -0.4 is 4.74 Å². The van der Waals surface area contributed by atoms with Crippen LogP contribution in [0.25, 0.3) is 0 Å². The lowest BCUT2D eigenvalue weighted by molar-refractivity contribution is 0.0694. The predicted molar refractivity (Wildman–Crippen MR) is 72.3 cm³/mol. The molecule has 0 atom stereocenters. The Morgan fingerprint density at radius 1 is 1.25 bits per heavy atom. The second kappa shape index (κ2) is 5.72. The van der Waals surface area contributed by atoms with Gasteiger partial charge in [-0.25, -0.2) is 9.18 Å². The first-order valence-corrected chi connectivity index (χ1v) is 6.21. The van der Waals surface area contributed by atoms with E-state index in [1.165, 1.54) is 12.1 Å². The minimum absolute atomic E-state index is 0.156. The summed E-state index contributed by atoms with van der Waals surface area (Å²) < 4.78 is 19.3. The largest absolute Gasteiger partial charge is 0.478 e. The smallest absolute Gasteiger partial charge is 0.339 e. The van der Waals surface area contributed by atoms with Crippen molar-refractivity contribution >= 4 is 21.9 Å². The molecule has 0 unspecified atom stereocenters. The summed E-state index contributed by atoms with van der Waals surface area (Å²) in [5, 5.41) is 18.0. The fourth-order valence-electron chi connectivity index (χ4n) is 1.55. The number of carboxylic acids is 1. The summed E-state index contributed by atoms with van der Waals surface area (Å²) in [6, 6.07) is 9.69. The molecule has 0 spiro atoms. The van der Waals surface area contributed by atoms with E-state index in [0.29, 0.717) is 4.47 Å². The average Bonchev–Trinajstić information content (AvgIpc) is 2.40. The van der Waals surface area contributed by atoms with E-state index < -0.39 is 11.8 Å². The molecule has 0 saturated heterocycles. The van der Waals surface area contributed by atoms with E-state index in [1.807, 2.05) is 6.07 Å². The number of aromatic carboxylic acids is 1. The standard InChI is InChI=1S/C14H7BrFNO3/c15-9-1-4-12(8(5-9)7-17)20-13-6-10(16)2-3-11(13)14(18)19/h1-6H,(H,18,19). The van der Waals surface area contributed by atoms with E-state index in [-0.39, 0.29) is 22.6 Å². The number of carbonyl (C=O) groups is 1. The van der Waals surface area contributed by atoms with Gasteiger partial charge in [0.05, 0.1) is 5.56 Å².